The average Bonchev–Trinajstić information content (AvgIpc) is 3.43. The number of carbonyl (C=O) groups excluding carboxylic acids is 1. The number of amides is 1. The van der Waals surface area contributed by atoms with Gasteiger partial charge in [-0.2, -0.15) is 0 Å². The molecule has 0 spiro atoms. The Morgan fingerprint density at radius 2 is 0.805 bits per heavy atom. The number of hydrogen-bond donors (Lipinski definition) is 12. The van der Waals surface area contributed by atoms with Gasteiger partial charge in [0.2, 0.25) is 5.91 Å². The molecule has 3 aliphatic heterocycles. The number of hydrogen-bond acceptors (Lipinski definition) is 18. The Kier molecular flexibility index (Phi) is 38.4. The van der Waals surface area contributed by atoms with Crippen LogP contribution in [0.4, 0.5) is 0 Å². The summed E-state index contributed by atoms with van der Waals surface area (Å²) in [4.78, 5) is 13.1. The first-order valence-electron chi connectivity index (χ1n) is 30.4. The molecule has 3 saturated heterocycles. The van der Waals surface area contributed by atoms with Gasteiger partial charge in [0.15, 0.2) is 18.9 Å². The standard InChI is InChI=1S/C58H109NO18/c1-3-5-7-9-11-12-13-14-15-16-17-18-19-20-21-22-23-24-25-26-27-28-29-30-31-33-35-42(63)41(59-46(64)36-34-32-10-8-6-4-2)40-72-56-52(70)49(67)54(44(38-61)74-56)77-58-53(71)50(68)55(45(39-62)75-58)76-57-51(69)48(66)47(65)43(37-60)73-57/h33,35,41-45,47-58,60-63,65-71H,3-32,34,36-40H2,1-2H3,(H,59,64)/b35-33+. The molecule has 77 heavy (non-hydrogen) atoms. The van der Waals surface area contributed by atoms with E-state index in [9.17, 15) is 61.0 Å². The third-order valence-electron chi connectivity index (χ3n) is 15.6. The summed E-state index contributed by atoms with van der Waals surface area (Å²) in [5.41, 5.74) is 0. The van der Waals surface area contributed by atoms with E-state index in [1.54, 1.807) is 6.08 Å². The van der Waals surface area contributed by atoms with Crippen molar-refractivity contribution in [3.8, 4) is 0 Å². The molecule has 0 saturated carbocycles. The van der Waals surface area contributed by atoms with Crippen molar-refractivity contribution in [2.24, 2.45) is 0 Å². The van der Waals surface area contributed by atoms with Gasteiger partial charge in [-0.3, -0.25) is 4.79 Å². The highest BCUT2D eigenvalue weighted by Crippen LogP contribution is 2.33. The molecule has 19 heteroatoms. The first-order valence-corrected chi connectivity index (χ1v) is 30.4. The zero-order valence-corrected chi connectivity index (χ0v) is 47.2. The van der Waals surface area contributed by atoms with Crippen molar-refractivity contribution in [3.63, 3.8) is 0 Å². The summed E-state index contributed by atoms with van der Waals surface area (Å²) < 4.78 is 34.1. The molecule has 3 heterocycles. The molecule has 3 aliphatic rings. The van der Waals surface area contributed by atoms with E-state index < -0.39 is 124 Å². The molecule has 1 amide bonds. The molecular weight excluding hydrogens is 999 g/mol. The summed E-state index contributed by atoms with van der Waals surface area (Å²) in [6.07, 6.45) is 15.5. The van der Waals surface area contributed by atoms with Crippen LogP contribution in [0.1, 0.15) is 219 Å². The molecule has 19 nitrogen and oxygen atoms in total. The molecule has 0 aliphatic carbocycles. The lowest BCUT2D eigenvalue weighted by molar-refractivity contribution is -0.379. The van der Waals surface area contributed by atoms with Crippen LogP contribution >= 0.6 is 0 Å². The van der Waals surface area contributed by atoms with Gasteiger partial charge in [-0.05, 0) is 19.3 Å². The molecule has 3 fully saturated rings. The number of unbranched alkanes of at least 4 members (excludes halogenated alkanes) is 29. The molecule has 0 aromatic heterocycles. The van der Waals surface area contributed by atoms with Crippen LogP contribution in [-0.4, -0.2) is 193 Å². The van der Waals surface area contributed by atoms with Crippen molar-refractivity contribution >= 4 is 5.91 Å². The number of ether oxygens (including phenoxy) is 6. The molecule has 3 rings (SSSR count). The van der Waals surface area contributed by atoms with Crippen LogP contribution in [0.3, 0.4) is 0 Å². The quantitative estimate of drug-likeness (QED) is 0.0269. The van der Waals surface area contributed by atoms with E-state index >= 15 is 0 Å². The number of aliphatic hydroxyl groups is 11. The molecule has 0 aromatic carbocycles. The van der Waals surface area contributed by atoms with E-state index in [4.69, 9.17) is 28.4 Å². The van der Waals surface area contributed by atoms with Crippen molar-refractivity contribution < 1.29 is 89.4 Å². The monoisotopic (exact) mass is 1110 g/mol. The van der Waals surface area contributed by atoms with Gasteiger partial charge >= 0.3 is 0 Å². The lowest BCUT2D eigenvalue weighted by Crippen LogP contribution is -2.66. The fourth-order valence-electron chi connectivity index (χ4n) is 10.5. The van der Waals surface area contributed by atoms with Gasteiger partial charge in [-0.1, -0.05) is 206 Å². The van der Waals surface area contributed by atoms with Crippen LogP contribution in [0.2, 0.25) is 0 Å². The Morgan fingerprint density at radius 1 is 0.455 bits per heavy atom. The molecular formula is C58H109NO18. The van der Waals surface area contributed by atoms with Gasteiger partial charge in [0, 0.05) is 6.42 Å². The highest BCUT2D eigenvalue weighted by molar-refractivity contribution is 5.76. The van der Waals surface area contributed by atoms with Gasteiger partial charge in [-0.25, -0.2) is 0 Å². The number of carbonyl (C=O) groups is 1. The van der Waals surface area contributed by atoms with Crippen molar-refractivity contribution in [1.29, 1.82) is 0 Å². The van der Waals surface area contributed by atoms with Crippen molar-refractivity contribution in [3.05, 3.63) is 12.2 Å². The Morgan fingerprint density at radius 3 is 1.22 bits per heavy atom. The Bertz CT molecular complexity index is 1460. The minimum Gasteiger partial charge on any atom is -0.394 e. The molecule has 0 aromatic rings. The molecule has 454 valence electrons. The van der Waals surface area contributed by atoms with Crippen molar-refractivity contribution in [2.75, 3.05) is 26.4 Å². The first-order chi connectivity index (χ1) is 37.3. The third-order valence-corrected chi connectivity index (χ3v) is 15.6. The van der Waals surface area contributed by atoms with E-state index in [1.165, 1.54) is 135 Å². The van der Waals surface area contributed by atoms with Gasteiger partial charge in [0.05, 0.1) is 38.6 Å². The second-order valence-electron chi connectivity index (χ2n) is 22.2. The van der Waals surface area contributed by atoms with E-state index in [1.807, 2.05) is 6.08 Å². The highest BCUT2D eigenvalue weighted by Gasteiger charge is 2.53. The van der Waals surface area contributed by atoms with Gasteiger partial charge in [-0.15, -0.1) is 0 Å². The summed E-state index contributed by atoms with van der Waals surface area (Å²) in [7, 11) is 0. The number of allylic oxidation sites excluding steroid dienone is 1. The minimum absolute atomic E-state index is 0.243. The zero-order chi connectivity index (χ0) is 56.2. The Labute approximate surface area is 461 Å². The molecule has 12 N–H and O–H groups in total. The predicted molar refractivity (Wildman–Crippen MR) is 291 cm³/mol. The van der Waals surface area contributed by atoms with Gasteiger partial charge in [0.1, 0.15) is 73.2 Å². The number of aliphatic hydroxyl groups excluding tert-OH is 11. The van der Waals surface area contributed by atoms with Crippen LogP contribution in [0, 0.1) is 0 Å². The normalized spacial score (nSPS) is 30.7. The Balaban J connectivity index is 1.40. The maximum atomic E-state index is 13.1. The second kappa shape index (κ2) is 42.4. The maximum absolute atomic E-state index is 13.1. The van der Waals surface area contributed by atoms with E-state index in [0.717, 1.165) is 57.8 Å². The van der Waals surface area contributed by atoms with Gasteiger partial charge in [0.25, 0.3) is 0 Å². The zero-order valence-electron chi connectivity index (χ0n) is 47.2. The summed E-state index contributed by atoms with van der Waals surface area (Å²) in [6, 6.07) is -0.964. The SMILES string of the molecule is CCCCCCCCCCCCCCCCCCCCCCCCCC/C=C/C(O)C(COC1OC(CO)C(OC2OC(CO)C(OC3OC(CO)C(O)C(O)C3O)C(O)C2O)C(O)C1O)NC(=O)CCCCCCCC. The Hall–Kier alpha value is -1.47. The fraction of sp³-hybridized carbons (Fsp3) is 0.948. The highest BCUT2D eigenvalue weighted by atomic mass is 16.8. The van der Waals surface area contributed by atoms with E-state index in [2.05, 4.69) is 19.2 Å². The lowest BCUT2D eigenvalue weighted by atomic mass is 9.96. The number of rotatable bonds is 45. The van der Waals surface area contributed by atoms with Crippen LogP contribution in [0.15, 0.2) is 12.2 Å². The lowest BCUT2D eigenvalue weighted by Gasteiger charge is -2.48. The number of nitrogens with one attached hydrogen (secondary N) is 1. The molecule has 17 unspecified atom stereocenters. The average molecular weight is 1110 g/mol. The van der Waals surface area contributed by atoms with Crippen LogP contribution in [0.5, 0.6) is 0 Å². The molecule has 0 radical (unpaired) electrons. The van der Waals surface area contributed by atoms with Crippen LogP contribution < -0.4 is 5.32 Å². The summed E-state index contributed by atoms with van der Waals surface area (Å²) in [5.74, 6) is -0.284. The second-order valence-corrected chi connectivity index (χ2v) is 22.2. The van der Waals surface area contributed by atoms with Crippen LogP contribution in [0.25, 0.3) is 0 Å². The summed E-state index contributed by atoms with van der Waals surface area (Å²) in [5, 5.41) is 120. The summed E-state index contributed by atoms with van der Waals surface area (Å²) >= 11 is 0. The van der Waals surface area contributed by atoms with Crippen LogP contribution in [-0.2, 0) is 33.2 Å². The van der Waals surface area contributed by atoms with E-state index in [-0.39, 0.29) is 18.9 Å². The van der Waals surface area contributed by atoms with Crippen molar-refractivity contribution in [1.82, 2.24) is 5.32 Å². The topological polar surface area (TPSA) is 307 Å². The molecule has 0 bridgehead atoms. The largest absolute Gasteiger partial charge is 0.394 e. The fourth-order valence-corrected chi connectivity index (χ4v) is 10.5. The smallest absolute Gasteiger partial charge is 0.220 e. The van der Waals surface area contributed by atoms with E-state index in [0.29, 0.717) is 6.42 Å². The van der Waals surface area contributed by atoms with Gasteiger partial charge < -0.3 is 89.9 Å². The third kappa shape index (κ3) is 26.5. The first kappa shape index (κ1) is 69.8. The minimum atomic E-state index is -1.97. The molecule has 17 atom stereocenters. The summed E-state index contributed by atoms with van der Waals surface area (Å²) in [6.45, 7) is 1.65. The predicted octanol–water partition coefficient (Wildman–Crippen LogP) is 5.38. The van der Waals surface area contributed by atoms with Crippen molar-refractivity contribution in [2.45, 2.75) is 324 Å². The maximum Gasteiger partial charge on any atom is 0.220 e.